The molecule has 0 aromatic heterocycles. The number of nitrogens with zero attached hydrogens (tertiary/aromatic N) is 1. The Bertz CT molecular complexity index is 283. The number of hydrogen-bond donors (Lipinski definition) is 1. The first kappa shape index (κ1) is 13.9. The number of fused-ring (bicyclic) bond motifs is 1. The summed E-state index contributed by atoms with van der Waals surface area (Å²) in [6.45, 7) is 8.70. The van der Waals surface area contributed by atoms with Gasteiger partial charge in [0.15, 0.2) is 0 Å². The van der Waals surface area contributed by atoms with Crippen LogP contribution in [0.5, 0.6) is 0 Å². The molecule has 2 heteroatoms. The number of nitrogens with one attached hydrogen (secondary N) is 1. The first-order valence-electron chi connectivity index (χ1n) is 8.79. The van der Waals surface area contributed by atoms with E-state index in [1.54, 1.807) is 0 Å². The van der Waals surface area contributed by atoms with Crippen molar-refractivity contribution >= 4 is 0 Å². The van der Waals surface area contributed by atoms with Gasteiger partial charge in [-0.1, -0.05) is 26.7 Å². The third-order valence-corrected chi connectivity index (χ3v) is 6.16. The molecule has 3 aliphatic rings. The van der Waals surface area contributed by atoms with Crippen molar-refractivity contribution in [2.75, 3.05) is 19.6 Å². The third-order valence-electron chi connectivity index (χ3n) is 6.16. The molecular formula is C17H32N2. The SMILES string of the molecule is CCCC1CCC(N2CC3CNCC3C2CC)CC1. The Kier molecular flexibility index (Phi) is 4.48. The Morgan fingerprint density at radius 2 is 1.84 bits per heavy atom. The highest BCUT2D eigenvalue weighted by atomic mass is 15.2. The first-order valence-corrected chi connectivity index (χ1v) is 8.79. The van der Waals surface area contributed by atoms with Gasteiger partial charge in [0, 0.05) is 18.6 Å². The van der Waals surface area contributed by atoms with E-state index in [1.165, 1.54) is 64.6 Å². The second-order valence-electron chi connectivity index (χ2n) is 7.22. The lowest BCUT2D eigenvalue weighted by Gasteiger charge is -2.39. The van der Waals surface area contributed by atoms with Crippen LogP contribution in [0.3, 0.4) is 0 Å². The summed E-state index contributed by atoms with van der Waals surface area (Å²) in [7, 11) is 0. The Balaban J connectivity index is 1.57. The van der Waals surface area contributed by atoms with Gasteiger partial charge in [0.1, 0.15) is 0 Å². The van der Waals surface area contributed by atoms with E-state index in [0.29, 0.717) is 0 Å². The van der Waals surface area contributed by atoms with Gasteiger partial charge in [-0.2, -0.15) is 0 Å². The predicted molar refractivity (Wildman–Crippen MR) is 81.3 cm³/mol. The van der Waals surface area contributed by atoms with Gasteiger partial charge in [-0.3, -0.25) is 4.90 Å². The molecule has 3 fully saturated rings. The van der Waals surface area contributed by atoms with Crippen LogP contribution in [-0.2, 0) is 0 Å². The maximum Gasteiger partial charge on any atom is 0.0140 e. The second kappa shape index (κ2) is 6.13. The van der Waals surface area contributed by atoms with Gasteiger partial charge >= 0.3 is 0 Å². The Morgan fingerprint density at radius 1 is 1.05 bits per heavy atom. The molecule has 1 N–H and O–H groups in total. The van der Waals surface area contributed by atoms with E-state index >= 15 is 0 Å². The zero-order chi connectivity index (χ0) is 13.2. The van der Waals surface area contributed by atoms with E-state index in [0.717, 1.165) is 29.8 Å². The summed E-state index contributed by atoms with van der Waals surface area (Å²) >= 11 is 0. The maximum atomic E-state index is 3.61. The number of hydrogen-bond acceptors (Lipinski definition) is 2. The monoisotopic (exact) mass is 264 g/mol. The van der Waals surface area contributed by atoms with Gasteiger partial charge in [-0.15, -0.1) is 0 Å². The summed E-state index contributed by atoms with van der Waals surface area (Å²) in [6, 6.07) is 1.80. The van der Waals surface area contributed by atoms with Gasteiger partial charge in [0.2, 0.25) is 0 Å². The molecule has 19 heavy (non-hydrogen) atoms. The molecule has 1 saturated carbocycles. The molecule has 0 amide bonds. The molecule has 2 heterocycles. The van der Waals surface area contributed by atoms with Gasteiger partial charge in [-0.05, 0) is 62.9 Å². The lowest BCUT2D eigenvalue weighted by molar-refractivity contribution is 0.106. The molecular weight excluding hydrogens is 232 g/mol. The van der Waals surface area contributed by atoms with Crippen LogP contribution < -0.4 is 5.32 Å². The number of rotatable bonds is 4. The van der Waals surface area contributed by atoms with Crippen LogP contribution in [0.1, 0.15) is 58.8 Å². The van der Waals surface area contributed by atoms with Crippen LogP contribution in [0.15, 0.2) is 0 Å². The van der Waals surface area contributed by atoms with Crippen molar-refractivity contribution in [1.29, 1.82) is 0 Å². The standard InChI is InChI=1S/C17H32N2/c1-3-5-13-6-8-15(9-7-13)19-12-14-10-18-11-16(14)17(19)4-2/h13-18H,3-12H2,1-2H3. The molecule has 3 unspecified atom stereocenters. The minimum atomic E-state index is 0.882. The zero-order valence-corrected chi connectivity index (χ0v) is 12.9. The smallest absolute Gasteiger partial charge is 0.0140 e. The fourth-order valence-corrected chi connectivity index (χ4v) is 5.19. The maximum absolute atomic E-state index is 3.61. The van der Waals surface area contributed by atoms with Crippen molar-refractivity contribution in [2.24, 2.45) is 17.8 Å². The average Bonchev–Trinajstić information content (AvgIpc) is 3.00. The Hall–Kier alpha value is -0.0800. The van der Waals surface area contributed by atoms with Crippen LogP contribution in [0.25, 0.3) is 0 Å². The highest BCUT2D eigenvalue weighted by Gasteiger charge is 2.45. The summed E-state index contributed by atoms with van der Waals surface area (Å²) in [4.78, 5) is 2.93. The van der Waals surface area contributed by atoms with Crippen LogP contribution in [-0.4, -0.2) is 36.6 Å². The first-order chi connectivity index (χ1) is 9.33. The second-order valence-corrected chi connectivity index (χ2v) is 7.22. The van der Waals surface area contributed by atoms with Gasteiger partial charge in [0.25, 0.3) is 0 Å². The highest BCUT2D eigenvalue weighted by Crippen LogP contribution is 2.40. The van der Waals surface area contributed by atoms with Crippen molar-refractivity contribution in [3.8, 4) is 0 Å². The average molecular weight is 264 g/mol. The fraction of sp³-hybridized carbons (Fsp3) is 1.00. The van der Waals surface area contributed by atoms with Crippen molar-refractivity contribution in [1.82, 2.24) is 10.2 Å². The van der Waals surface area contributed by atoms with E-state index in [1.807, 2.05) is 0 Å². The molecule has 0 bridgehead atoms. The number of likely N-dealkylation sites (tertiary alicyclic amines) is 1. The van der Waals surface area contributed by atoms with E-state index in [9.17, 15) is 0 Å². The fourth-order valence-electron chi connectivity index (χ4n) is 5.19. The molecule has 0 aromatic rings. The largest absolute Gasteiger partial charge is 0.316 e. The van der Waals surface area contributed by atoms with E-state index < -0.39 is 0 Å². The lowest BCUT2D eigenvalue weighted by Crippen LogP contribution is -2.44. The van der Waals surface area contributed by atoms with E-state index in [-0.39, 0.29) is 0 Å². The molecule has 1 aliphatic carbocycles. The van der Waals surface area contributed by atoms with Crippen molar-refractivity contribution < 1.29 is 0 Å². The van der Waals surface area contributed by atoms with Gasteiger partial charge in [0.05, 0.1) is 0 Å². The molecule has 2 saturated heterocycles. The molecule has 2 aliphatic heterocycles. The molecule has 0 aromatic carbocycles. The minimum absolute atomic E-state index is 0.882. The molecule has 0 spiro atoms. The van der Waals surface area contributed by atoms with Gasteiger partial charge < -0.3 is 5.32 Å². The van der Waals surface area contributed by atoms with E-state index in [2.05, 4.69) is 24.1 Å². The third kappa shape index (κ3) is 2.71. The Morgan fingerprint density at radius 3 is 2.53 bits per heavy atom. The highest BCUT2D eigenvalue weighted by molar-refractivity contribution is 5.00. The van der Waals surface area contributed by atoms with Crippen molar-refractivity contribution in [3.63, 3.8) is 0 Å². The summed E-state index contributed by atoms with van der Waals surface area (Å²) < 4.78 is 0. The summed E-state index contributed by atoms with van der Waals surface area (Å²) in [5.74, 6) is 2.96. The van der Waals surface area contributed by atoms with Crippen LogP contribution in [0.4, 0.5) is 0 Å². The van der Waals surface area contributed by atoms with Crippen LogP contribution >= 0.6 is 0 Å². The molecule has 3 atom stereocenters. The summed E-state index contributed by atoms with van der Waals surface area (Å²) in [6.07, 6.45) is 10.2. The molecule has 110 valence electrons. The Labute approximate surface area is 119 Å². The minimum Gasteiger partial charge on any atom is -0.316 e. The van der Waals surface area contributed by atoms with Crippen molar-refractivity contribution in [3.05, 3.63) is 0 Å². The normalized spacial score (nSPS) is 43.6. The predicted octanol–water partition coefficient (Wildman–Crippen LogP) is 3.28. The van der Waals surface area contributed by atoms with Crippen LogP contribution in [0, 0.1) is 17.8 Å². The quantitative estimate of drug-likeness (QED) is 0.838. The van der Waals surface area contributed by atoms with Crippen LogP contribution in [0.2, 0.25) is 0 Å². The van der Waals surface area contributed by atoms with Crippen molar-refractivity contribution in [2.45, 2.75) is 70.9 Å². The van der Waals surface area contributed by atoms with Gasteiger partial charge in [-0.25, -0.2) is 0 Å². The molecule has 0 radical (unpaired) electrons. The lowest BCUT2D eigenvalue weighted by atomic mass is 9.82. The molecule has 2 nitrogen and oxygen atoms in total. The summed E-state index contributed by atoms with van der Waals surface area (Å²) in [5.41, 5.74) is 0. The molecule has 3 rings (SSSR count). The zero-order valence-electron chi connectivity index (χ0n) is 12.9. The summed E-state index contributed by atoms with van der Waals surface area (Å²) in [5, 5.41) is 3.61. The topological polar surface area (TPSA) is 15.3 Å². The van der Waals surface area contributed by atoms with E-state index in [4.69, 9.17) is 0 Å².